The Kier molecular flexibility index (Phi) is 7.33. The van der Waals surface area contributed by atoms with Crippen molar-refractivity contribution < 1.29 is 19.0 Å². The third kappa shape index (κ3) is 5.39. The lowest BCUT2D eigenvalue weighted by Crippen LogP contribution is -2.30. The smallest absolute Gasteiger partial charge is 0.257 e. The second-order valence-electron chi connectivity index (χ2n) is 5.95. The highest BCUT2D eigenvalue weighted by molar-refractivity contribution is 9.10. The van der Waals surface area contributed by atoms with Crippen LogP contribution < -0.4 is 19.5 Å². The number of ether oxygens (including phenoxy) is 3. The molecule has 2 aromatic rings. The third-order valence-electron chi connectivity index (χ3n) is 3.96. The van der Waals surface area contributed by atoms with Crippen LogP contribution in [-0.4, -0.2) is 33.3 Å². The van der Waals surface area contributed by atoms with Gasteiger partial charge in [0, 0.05) is 11.0 Å². The normalized spacial score (nSPS) is 10.3. The van der Waals surface area contributed by atoms with Crippen LogP contribution in [0.3, 0.4) is 0 Å². The zero-order chi connectivity index (χ0) is 19.1. The molecule has 1 N–H and O–H groups in total. The molecule has 6 heteroatoms. The molecule has 0 aromatic heterocycles. The average molecular weight is 422 g/mol. The van der Waals surface area contributed by atoms with E-state index in [0.29, 0.717) is 24.5 Å². The SMILES string of the molecule is COc1ccc(CCNC(=O)COc2c(C)cc(Br)cc2C)cc1OC. The maximum absolute atomic E-state index is 12.0. The lowest BCUT2D eigenvalue weighted by atomic mass is 10.1. The van der Waals surface area contributed by atoms with Gasteiger partial charge in [-0.2, -0.15) is 0 Å². The summed E-state index contributed by atoms with van der Waals surface area (Å²) in [6.45, 7) is 4.44. The van der Waals surface area contributed by atoms with Crippen molar-refractivity contribution in [2.24, 2.45) is 0 Å². The second kappa shape index (κ2) is 9.48. The van der Waals surface area contributed by atoms with Gasteiger partial charge >= 0.3 is 0 Å². The number of hydrogen-bond acceptors (Lipinski definition) is 4. The molecule has 0 bridgehead atoms. The Hall–Kier alpha value is -2.21. The van der Waals surface area contributed by atoms with E-state index >= 15 is 0 Å². The molecule has 0 spiro atoms. The highest BCUT2D eigenvalue weighted by atomic mass is 79.9. The fourth-order valence-corrected chi connectivity index (χ4v) is 3.38. The van der Waals surface area contributed by atoms with Gasteiger partial charge in [-0.3, -0.25) is 4.79 Å². The molecular weight excluding hydrogens is 398 g/mol. The van der Waals surface area contributed by atoms with Gasteiger partial charge in [-0.1, -0.05) is 22.0 Å². The number of benzene rings is 2. The van der Waals surface area contributed by atoms with Crippen LogP contribution in [0.15, 0.2) is 34.8 Å². The first-order chi connectivity index (χ1) is 12.4. The number of aryl methyl sites for hydroxylation is 2. The Morgan fingerprint density at radius 3 is 2.31 bits per heavy atom. The predicted molar refractivity (Wildman–Crippen MR) is 105 cm³/mol. The highest BCUT2D eigenvalue weighted by Crippen LogP contribution is 2.28. The van der Waals surface area contributed by atoms with Crippen LogP contribution in [0.5, 0.6) is 17.2 Å². The molecule has 26 heavy (non-hydrogen) atoms. The summed E-state index contributed by atoms with van der Waals surface area (Å²) in [5.74, 6) is 1.98. The summed E-state index contributed by atoms with van der Waals surface area (Å²) in [7, 11) is 3.21. The molecule has 0 fully saturated rings. The fraction of sp³-hybridized carbons (Fsp3) is 0.350. The molecule has 1 amide bonds. The molecule has 0 radical (unpaired) electrons. The van der Waals surface area contributed by atoms with Gasteiger partial charge in [0.2, 0.25) is 0 Å². The Balaban J connectivity index is 1.83. The van der Waals surface area contributed by atoms with Crippen molar-refractivity contribution in [2.75, 3.05) is 27.4 Å². The van der Waals surface area contributed by atoms with Gasteiger partial charge in [-0.25, -0.2) is 0 Å². The van der Waals surface area contributed by atoms with Crippen LogP contribution in [0.4, 0.5) is 0 Å². The Morgan fingerprint density at radius 2 is 1.69 bits per heavy atom. The van der Waals surface area contributed by atoms with E-state index in [0.717, 1.165) is 26.9 Å². The summed E-state index contributed by atoms with van der Waals surface area (Å²) < 4.78 is 17.2. The lowest BCUT2D eigenvalue weighted by Gasteiger charge is -2.13. The number of rotatable bonds is 8. The Labute approximate surface area is 162 Å². The van der Waals surface area contributed by atoms with Crippen LogP contribution in [0.1, 0.15) is 16.7 Å². The molecule has 2 aromatic carbocycles. The molecule has 140 valence electrons. The maximum atomic E-state index is 12.0. The van der Waals surface area contributed by atoms with Crippen molar-refractivity contribution in [1.82, 2.24) is 5.32 Å². The molecule has 0 unspecified atom stereocenters. The minimum Gasteiger partial charge on any atom is -0.493 e. The maximum Gasteiger partial charge on any atom is 0.257 e. The average Bonchev–Trinajstić information content (AvgIpc) is 2.60. The van der Waals surface area contributed by atoms with E-state index in [1.54, 1.807) is 14.2 Å². The summed E-state index contributed by atoms with van der Waals surface area (Å²) >= 11 is 3.45. The van der Waals surface area contributed by atoms with E-state index in [1.165, 1.54) is 0 Å². The Morgan fingerprint density at radius 1 is 1.04 bits per heavy atom. The van der Waals surface area contributed by atoms with Gasteiger partial charge in [0.25, 0.3) is 5.91 Å². The lowest BCUT2D eigenvalue weighted by molar-refractivity contribution is -0.123. The topological polar surface area (TPSA) is 56.8 Å². The molecule has 0 aliphatic heterocycles. The van der Waals surface area contributed by atoms with Crippen LogP contribution >= 0.6 is 15.9 Å². The van der Waals surface area contributed by atoms with Crippen molar-refractivity contribution in [3.8, 4) is 17.2 Å². The number of carbonyl (C=O) groups excluding carboxylic acids is 1. The molecule has 0 heterocycles. The molecule has 0 saturated heterocycles. The summed E-state index contributed by atoms with van der Waals surface area (Å²) in [6.07, 6.45) is 0.697. The standard InChI is InChI=1S/C20H24BrNO4/c1-13-9-16(21)10-14(2)20(13)26-12-19(23)22-8-7-15-5-6-17(24-3)18(11-15)25-4/h5-6,9-11H,7-8,12H2,1-4H3,(H,22,23). The molecular formula is C20H24BrNO4. The molecule has 5 nitrogen and oxygen atoms in total. The summed E-state index contributed by atoms with van der Waals surface area (Å²) in [4.78, 5) is 12.0. The van der Waals surface area contributed by atoms with Crippen molar-refractivity contribution in [2.45, 2.75) is 20.3 Å². The fourth-order valence-electron chi connectivity index (χ4n) is 2.70. The first kappa shape index (κ1) is 20.1. The van der Waals surface area contributed by atoms with Gasteiger partial charge in [-0.15, -0.1) is 0 Å². The quantitative estimate of drug-likeness (QED) is 0.703. The number of hydrogen-bond donors (Lipinski definition) is 1. The predicted octanol–water partition coefficient (Wildman–Crippen LogP) is 3.82. The van der Waals surface area contributed by atoms with E-state index < -0.39 is 0 Å². The number of carbonyl (C=O) groups is 1. The zero-order valence-electron chi connectivity index (χ0n) is 15.5. The third-order valence-corrected chi connectivity index (χ3v) is 4.41. The first-order valence-corrected chi connectivity index (χ1v) is 9.11. The van der Waals surface area contributed by atoms with Crippen molar-refractivity contribution >= 4 is 21.8 Å². The van der Waals surface area contributed by atoms with E-state index in [9.17, 15) is 4.79 Å². The molecule has 0 aliphatic carbocycles. The summed E-state index contributed by atoms with van der Waals surface area (Å²) in [5, 5.41) is 2.87. The highest BCUT2D eigenvalue weighted by Gasteiger charge is 2.09. The minimum atomic E-state index is -0.146. The molecule has 0 saturated carbocycles. The van der Waals surface area contributed by atoms with Gasteiger partial charge in [0.15, 0.2) is 18.1 Å². The number of amides is 1. The number of methoxy groups -OCH3 is 2. The van der Waals surface area contributed by atoms with Crippen LogP contribution in [0, 0.1) is 13.8 Å². The second-order valence-corrected chi connectivity index (χ2v) is 6.86. The summed E-state index contributed by atoms with van der Waals surface area (Å²) in [5.41, 5.74) is 3.05. The van der Waals surface area contributed by atoms with E-state index in [-0.39, 0.29) is 12.5 Å². The van der Waals surface area contributed by atoms with Crippen LogP contribution in [0.2, 0.25) is 0 Å². The molecule has 0 aliphatic rings. The monoisotopic (exact) mass is 421 g/mol. The minimum absolute atomic E-state index is 0.00472. The largest absolute Gasteiger partial charge is 0.493 e. The van der Waals surface area contributed by atoms with Gasteiger partial charge < -0.3 is 19.5 Å². The zero-order valence-corrected chi connectivity index (χ0v) is 17.1. The van der Waals surface area contributed by atoms with Crippen LogP contribution in [-0.2, 0) is 11.2 Å². The van der Waals surface area contributed by atoms with Crippen molar-refractivity contribution in [1.29, 1.82) is 0 Å². The van der Waals surface area contributed by atoms with E-state index in [1.807, 2.05) is 44.2 Å². The number of halogens is 1. The molecule has 0 atom stereocenters. The Bertz CT molecular complexity index is 753. The summed E-state index contributed by atoms with van der Waals surface area (Å²) in [6, 6.07) is 9.67. The number of nitrogens with one attached hydrogen (secondary N) is 1. The van der Waals surface area contributed by atoms with Crippen molar-refractivity contribution in [3.05, 3.63) is 51.5 Å². The van der Waals surface area contributed by atoms with Crippen molar-refractivity contribution in [3.63, 3.8) is 0 Å². The van der Waals surface area contributed by atoms with Gasteiger partial charge in [-0.05, 0) is 61.2 Å². The van der Waals surface area contributed by atoms with Crippen LogP contribution in [0.25, 0.3) is 0 Å². The first-order valence-electron chi connectivity index (χ1n) is 8.31. The van der Waals surface area contributed by atoms with E-state index in [4.69, 9.17) is 14.2 Å². The van der Waals surface area contributed by atoms with Gasteiger partial charge in [0.1, 0.15) is 5.75 Å². The van der Waals surface area contributed by atoms with Gasteiger partial charge in [0.05, 0.1) is 14.2 Å². The molecule has 2 rings (SSSR count). The van der Waals surface area contributed by atoms with E-state index in [2.05, 4.69) is 21.2 Å².